The molecule has 0 aliphatic heterocycles. The van der Waals surface area contributed by atoms with Crippen LogP contribution in [-0.4, -0.2) is 18.2 Å². The predicted molar refractivity (Wildman–Crippen MR) is 65.6 cm³/mol. The van der Waals surface area contributed by atoms with Crippen molar-refractivity contribution in [1.82, 2.24) is 0 Å². The molecule has 1 atom stereocenters. The molecule has 0 spiro atoms. The number of hydrogen-bond donors (Lipinski definition) is 1. The van der Waals surface area contributed by atoms with E-state index in [1.165, 1.54) is 0 Å². The summed E-state index contributed by atoms with van der Waals surface area (Å²) >= 11 is 0. The number of rotatable bonds is 4. The molecule has 0 saturated heterocycles. The lowest BCUT2D eigenvalue weighted by Gasteiger charge is -2.17. The van der Waals surface area contributed by atoms with Crippen LogP contribution in [0.25, 0.3) is 0 Å². The quantitative estimate of drug-likeness (QED) is 0.871. The molecule has 1 N–H and O–H groups in total. The number of aliphatic carboxylic acids is 1. The van der Waals surface area contributed by atoms with Crippen molar-refractivity contribution in [1.29, 1.82) is 0 Å². The summed E-state index contributed by atoms with van der Waals surface area (Å²) in [7, 11) is 1.64. The number of carbonyl (C=O) groups is 1. The van der Waals surface area contributed by atoms with E-state index >= 15 is 0 Å². The van der Waals surface area contributed by atoms with Gasteiger partial charge in [0, 0.05) is 0 Å². The van der Waals surface area contributed by atoms with Gasteiger partial charge in [0.05, 0.1) is 13.0 Å². The van der Waals surface area contributed by atoms with Gasteiger partial charge in [-0.15, -0.1) is 0 Å². The molecule has 1 aliphatic rings. The number of methoxy groups -OCH3 is 1. The highest BCUT2D eigenvalue weighted by Crippen LogP contribution is 2.44. The Kier molecular flexibility index (Phi) is 3.09. The van der Waals surface area contributed by atoms with E-state index in [4.69, 9.17) is 4.74 Å². The Hall–Kier alpha value is -1.51. The molecule has 1 aromatic rings. The number of aryl methyl sites for hydroxylation is 2. The van der Waals surface area contributed by atoms with Crippen LogP contribution in [0.3, 0.4) is 0 Å². The maximum Gasteiger partial charge on any atom is 0.311 e. The monoisotopic (exact) mass is 234 g/mol. The first-order valence-corrected chi connectivity index (χ1v) is 5.92. The summed E-state index contributed by atoms with van der Waals surface area (Å²) in [6.45, 7) is 3.91. The van der Waals surface area contributed by atoms with Crippen LogP contribution in [0.1, 0.15) is 35.4 Å². The van der Waals surface area contributed by atoms with Crippen LogP contribution in [0.2, 0.25) is 0 Å². The van der Waals surface area contributed by atoms with Gasteiger partial charge in [-0.25, -0.2) is 0 Å². The molecule has 1 fully saturated rings. The van der Waals surface area contributed by atoms with Gasteiger partial charge in [-0.2, -0.15) is 0 Å². The molecule has 0 aromatic heterocycles. The minimum atomic E-state index is -0.708. The lowest BCUT2D eigenvalue weighted by atomic mass is 9.89. The van der Waals surface area contributed by atoms with Gasteiger partial charge in [-0.3, -0.25) is 4.79 Å². The van der Waals surface area contributed by atoms with Gasteiger partial charge in [-0.05, 0) is 55.4 Å². The first kappa shape index (κ1) is 12.0. The first-order valence-electron chi connectivity index (χ1n) is 5.92. The van der Waals surface area contributed by atoms with E-state index in [2.05, 4.69) is 0 Å². The largest absolute Gasteiger partial charge is 0.496 e. The third-order valence-corrected chi connectivity index (χ3v) is 3.48. The Morgan fingerprint density at radius 1 is 1.35 bits per heavy atom. The molecule has 0 bridgehead atoms. The highest BCUT2D eigenvalue weighted by atomic mass is 16.5. The Morgan fingerprint density at radius 2 is 2.00 bits per heavy atom. The summed E-state index contributed by atoms with van der Waals surface area (Å²) in [6.07, 6.45) is 2.06. The fourth-order valence-electron chi connectivity index (χ4n) is 2.39. The van der Waals surface area contributed by atoms with Gasteiger partial charge >= 0.3 is 5.97 Å². The Labute approximate surface area is 101 Å². The number of benzene rings is 1. The van der Waals surface area contributed by atoms with Crippen molar-refractivity contribution in [2.45, 2.75) is 32.6 Å². The van der Waals surface area contributed by atoms with Crippen molar-refractivity contribution < 1.29 is 14.6 Å². The molecule has 3 nitrogen and oxygen atoms in total. The third-order valence-electron chi connectivity index (χ3n) is 3.48. The molecule has 1 aliphatic carbocycles. The molecule has 1 saturated carbocycles. The zero-order chi connectivity index (χ0) is 12.6. The summed E-state index contributed by atoms with van der Waals surface area (Å²) in [6, 6.07) is 3.90. The van der Waals surface area contributed by atoms with Crippen molar-refractivity contribution in [3.8, 4) is 5.75 Å². The Morgan fingerprint density at radius 3 is 2.47 bits per heavy atom. The van der Waals surface area contributed by atoms with Crippen LogP contribution in [0.4, 0.5) is 0 Å². The van der Waals surface area contributed by atoms with Crippen molar-refractivity contribution in [2.24, 2.45) is 5.92 Å². The smallest absolute Gasteiger partial charge is 0.311 e. The zero-order valence-corrected chi connectivity index (χ0v) is 10.5. The highest BCUT2D eigenvalue weighted by molar-refractivity contribution is 5.78. The van der Waals surface area contributed by atoms with Crippen LogP contribution in [0.5, 0.6) is 5.75 Å². The van der Waals surface area contributed by atoms with Gasteiger partial charge in [0.25, 0.3) is 0 Å². The molecule has 1 aromatic carbocycles. The van der Waals surface area contributed by atoms with E-state index in [-0.39, 0.29) is 5.92 Å². The van der Waals surface area contributed by atoms with E-state index in [0.717, 1.165) is 35.3 Å². The van der Waals surface area contributed by atoms with Crippen molar-refractivity contribution in [2.75, 3.05) is 7.11 Å². The number of carboxylic acid groups (broad SMARTS) is 1. The van der Waals surface area contributed by atoms with Gasteiger partial charge in [0.2, 0.25) is 0 Å². The fourth-order valence-corrected chi connectivity index (χ4v) is 2.39. The summed E-state index contributed by atoms with van der Waals surface area (Å²) in [5, 5.41) is 9.35. The Balaban J connectivity index is 2.43. The lowest BCUT2D eigenvalue weighted by Crippen LogP contribution is -2.15. The fraction of sp³-hybridized carbons (Fsp3) is 0.500. The summed E-state index contributed by atoms with van der Waals surface area (Å²) in [4.78, 5) is 11.4. The summed E-state index contributed by atoms with van der Waals surface area (Å²) in [5.41, 5.74) is 2.95. The number of carboxylic acids is 1. The Bertz CT molecular complexity index is 447. The van der Waals surface area contributed by atoms with Crippen LogP contribution in [-0.2, 0) is 4.79 Å². The first-order chi connectivity index (χ1) is 8.04. The van der Waals surface area contributed by atoms with Crippen molar-refractivity contribution in [3.63, 3.8) is 0 Å². The maximum absolute atomic E-state index is 11.4. The second kappa shape index (κ2) is 4.40. The number of hydrogen-bond acceptors (Lipinski definition) is 2. The van der Waals surface area contributed by atoms with E-state index in [1.807, 2.05) is 26.0 Å². The lowest BCUT2D eigenvalue weighted by molar-refractivity contribution is -0.139. The molecule has 0 amide bonds. The molecular formula is C14H18O3. The minimum Gasteiger partial charge on any atom is -0.496 e. The van der Waals surface area contributed by atoms with Gasteiger partial charge in [-0.1, -0.05) is 6.07 Å². The zero-order valence-electron chi connectivity index (χ0n) is 10.5. The molecule has 2 rings (SSSR count). The second-order valence-corrected chi connectivity index (χ2v) is 4.83. The third kappa shape index (κ3) is 2.28. The molecule has 0 radical (unpaired) electrons. The highest BCUT2D eigenvalue weighted by Gasteiger charge is 2.38. The van der Waals surface area contributed by atoms with Gasteiger partial charge < -0.3 is 9.84 Å². The van der Waals surface area contributed by atoms with Crippen LogP contribution >= 0.6 is 0 Å². The van der Waals surface area contributed by atoms with Gasteiger partial charge in [0.15, 0.2) is 0 Å². The molecule has 1 unspecified atom stereocenters. The average molecular weight is 234 g/mol. The van der Waals surface area contributed by atoms with E-state index in [1.54, 1.807) is 7.11 Å². The number of ether oxygens (including phenoxy) is 1. The normalized spacial score (nSPS) is 16.6. The standard InChI is InChI=1S/C14H18O3/c1-8-7-12(17-3)9(2)6-11(8)13(14(15)16)10-4-5-10/h6-7,10,13H,4-5H2,1-3H3,(H,15,16). The summed E-state index contributed by atoms with van der Waals surface area (Å²) < 4.78 is 5.25. The van der Waals surface area contributed by atoms with E-state index in [9.17, 15) is 9.90 Å². The molecule has 3 heteroatoms. The molecule has 0 heterocycles. The van der Waals surface area contributed by atoms with E-state index in [0.29, 0.717) is 5.92 Å². The van der Waals surface area contributed by atoms with E-state index < -0.39 is 5.97 Å². The van der Waals surface area contributed by atoms with Crippen LogP contribution in [0, 0.1) is 19.8 Å². The maximum atomic E-state index is 11.4. The SMILES string of the molecule is COc1cc(C)c(C(C(=O)O)C2CC2)cc1C. The van der Waals surface area contributed by atoms with Crippen molar-refractivity contribution >= 4 is 5.97 Å². The topological polar surface area (TPSA) is 46.5 Å². The second-order valence-electron chi connectivity index (χ2n) is 4.83. The average Bonchev–Trinajstić information content (AvgIpc) is 3.06. The predicted octanol–water partition coefficient (Wildman–Crippen LogP) is 2.89. The molecule has 92 valence electrons. The van der Waals surface area contributed by atoms with Crippen LogP contribution < -0.4 is 4.74 Å². The van der Waals surface area contributed by atoms with Crippen molar-refractivity contribution in [3.05, 3.63) is 28.8 Å². The summed E-state index contributed by atoms with van der Waals surface area (Å²) in [5.74, 6) is 0.0879. The van der Waals surface area contributed by atoms with Gasteiger partial charge in [0.1, 0.15) is 5.75 Å². The molecular weight excluding hydrogens is 216 g/mol. The molecule has 17 heavy (non-hydrogen) atoms. The van der Waals surface area contributed by atoms with Crippen LogP contribution in [0.15, 0.2) is 12.1 Å². The minimum absolute atomic E-state index is 0.319.